The Hall–Kier alpha value is -2.86. The fourth-order valence-electron chi connectivity index (χ4n) is 2.66. The SMILES string of the molecule is Cc1cccc(NC(=O)C(=O)NC[C@H](c2ccco2)c2cccs2)c1C. The van der Waals surface area contributed by atoms with E-state index in [-0.39, 0.29) is 12.5 Å². The van der Waals surface area contributed by atoms with Gasteiger partial charge in [-0.05, 0) is 54.6 Å². The van der Waals surface area contributed by atoms with Crippen molar-refractivity contribution in [2.75, 3.05) is 11.9 Å². The van der Waals surface area contributed by atoms with Gasteiger partial charge in [0.15, 0.2) is 0 Å². The molecule has 1 aromatic carbocycles. The van der Waals surface area contributed by atoms with Crippen molar-refractivity contribution < 1.29 is 14.0 Å². The third-order valence-corrected chi connectivity index (χ3v) is 5.29. The number of aryl methyl sites for hydroxylation is 1. The van der Waals surface area contributed by atoms with Gasteiger partial charge < -0.3 is 15.1 Å². The first kappa shape index (κ1) is 17.9. The van der Waals surface area contributed by atoms with Crippen LogP contribution in [0.2, 0.25) is 0 Å². The van der Waals surface area contributed by atoms with Crippen LogP contribution in [0.15, 0.2) is 58.5 Å². The van der Waals surface area contributed by atoms with Gasteiger partial charge in [-0.3, -0.25) is 9.59 Å². The number of thiophene rings is 1. The quantitative estimate of drug-likeness (QED) is 0.672. The minimum atomic E-state index is -0.678. The first-order chi connectivity index (χ1) is 12.6. The Morgan fingerprint density at radius 1 is 1.08 bits per heavy atom. The van der Waals surface area contributed by atoms with E-state index in [9.17, 15) is 9.59 Å². The highest BCUT2D eigenvalue weighted by Gasteiger charge is 2.21. The molecule has 0 aliphatic heterocycles. The molecule has 5 nitrogen and oxygen atoms in total. The molecule has 3 rings (SSSR count). The molecule has 0 saturated heterocycles. The van der Waals surface area contributed by atoms with Crippen LogP contribution in [-0.2, 0) is 9.59 Å². The molecule has 26 heavy (non-hydrogen) atoms. The van der Waals surface area contributed by atoms with E-state index in [0.717, 1.165) is 21.8 Å². The van der Waals surface area contributed by atoms with Crippen molar-refractivity contribution >= 4 is 28.8 Å². The van der Waals surface area contributed by atoms with Crippen LogP contribution in [0.3, 0.4) is 0 Å². The molecule has 0 bridgehead atoms. The van der Waals surface area contributed by atoms with Crippen LogP contribution < -0.4 is 10.6 Å². The molecule has 3 aromatic rings. The topological polar surface area (TPSA) is 71.3 Å². The van der Waals surface area contributed by atoms with Crippen LogP contribution in [0.1, 0.15) is 27.7 Å². The lowest BCUT2D eigenvalue weighted by molar-refractivity contribution is -0.136. The first-order valence-electron chi connectivity index (χ1n) is 8.28. The van der Waals surface area contributed by atoms with Gasteiger partial charge in [-0.25, -0.2) is 0 Å². The summed E-state index contributed by atoms with van der Waals surface area (Å²) in [5, 5.41) is 7.35. The van der Waals surface area contributed by atoms with Crippen molar-refractivity contribution in [3.8, 4) is 0 Å². The Morgan fingerprint density at radius 2 is 1.92 bits per heavy atom. The maximum atomic E-state index is 12.2. The lowest BCUT2D eigenvalue weighted by Gasteiger charge is -2.14. The predicted molar refractivity (Wildman–Crippen MR) is 102 cm³/mol. The van der Waals surface area contributed by atoms with Crippen molar-refractivity contribution in [1.82, 2.24) is 5.32 Å². The number of nitrogens with one attached hydrogen (secondary N) is 2. The summed E-state index contributed by atoms with van der Waals surface area (Å²) in [6.07, 6.45) is 1.60. The largest absolute Gasteiger partial charge is 0.469 e. The van der Waals surface area contributed by atoms with Crippen LogP contribution in [0.25, 0.3) is 0 Å². The third kappa shape index (κ3) is 4.03. The van der Waals surface area contributed by atoms with E-state index in [0.29, 0.717) is 5.69 Å². The maximum absolute atomic E-state index is 12.2. The number of carbonyl (C=O) groups excluding carboxylic acids is 2. The Morgan fingerprint density at radius 3 is 2.62 bits per heavy atom. The monoisotopic (exact) mass is 368 g/mol. The van der Waals surface area contributed by atoms with E-state index in [1.807, 2.05) is 55.6 Å². The number of anilines is 1. The summed E-state index contributed by atoms with van der Waals surface area (Å²) in [5.41, 5.74) is 2.64. The highest BCUT2D eigenvalue weighted by atomic mass is 32.1. The fourth-order valence-corrected chi connectivity index (χ4v) is 3.50. The zero-order chi connectivity index (χ0) is 18.5. The van der Waals surface area contributed by atoms with Crippen molar-refractivity contribution in [3.63, 3.8) is 0 Å². The molecule has 0 saturated carbocycles. The molecule has 2 N–H and O–H groups in total. The number of amides is 2. The zero-order valence-corrected chi connectivity index (χ0v) is 15.4. The number of furan rings is 1. The number of rotatable bonds is 5. The second-order valence-electron chi connectivity index (χ2n) is 6.00. The van der Waals surface area contributed by atoms with Gasteiger partial charge in [0.1, 0.15) is 5.76 Å². The van der Waals surface area contributed by atoms with Gasteiger partial charge in [-0.2, -0.15) is 0 Å². The standard InChI is InChI=1S/C20H20N2O3S/c1-13-6-3-7-16(14(13)2)22-20(24)19(23)21-12-15(17-8-4-10-25-17)18-9-5-11-26-18/h3-11,15H,12H2,1-2H3,(H,21,23)(H,22,24)/t15-/m1/s1. The Balaban J connectivity index is 1.65. The number of carbonyl (C=O) groups is 2. The maximum Gasteiger partial charge on any atom is 0.313 e. The molecule has 2 heterocycles. The van der Waals surface area contributed by atoms with Crippen molar-refractivity contribution in [2.24, 2.45) is 0 Å². The van der Waals surface area contributed by atoms with Crippen LogP contribution in [-0.4, -0.2) is 18.4 Å². The average molecular weight is 368 g/mol. The molecular formula is C20H20N2O3S. The van der Waals surface area contributed by atoms with Gasteiger partial charge in [-0.1, -0.05) is 18.2 Å². The number of hydrogen-bond donors (Lipinski definition) is 2. The van der Waals surface area contributed by atoms with E-state index < -0.39 is 11.8 Å². The average Bonchev–Trinajstić information content (AvgIpc) is 3.33. The van der Waals surface area contributed by atoms with Gasteiger partial charge in [0.05, 0.1) is 12.2 Å². The second kappa shape index (κ2) is 8.01. The molecular weight excluding hydrogens is 348 g/mol. The first-order valence-corrected chi connectivity index (χ1v) is 9.16. The highest BCUT2D eigenvalue weighted by Crippen LogP contribution is 2.28. The third-order valence-electron chi connectivity index (χ3n) is 4.30. The molecule has 0 fully saturated rings. The number of hydrogen-bond acceptors (Lipinski definition) is 4. The molecule has 0 unspecified atom stereocenters. The van der Waals surface area contributed by atoms with Gasteiger partial charge in [-0.15, -0.1) is 11.3 Å². The Labute approximate surface area is 156 Å². The molecule has 0 radical (unpaired) electrons. The molecule has 134 valence electrons. The number of benzene rings is 1. The molecule has 0 aliphatic carbocycles. The second-order valence-corrected chi connectivity index (χ2v) is 6.97. The molecule has 0 aliphatic rings. The van der Waals surface area contributed by atoms with Gasteiger partial charge in [0, 0.05) is 17.1 Å². The van der Waals surface area contributed by atoms with Crippen LogP contribution >= 0.6 is 11.3 Å². The molecule has 2 amide bonds. The fraction of sp³-hybridized carbons (Fsp3) is 0.200. The van der Waals surface area contributed by atoms with Crippen LogP contribution in [0.4, 0.5) is 5.69 Å². The van der Waals surface area contributed by atoms with E-state index in [1.165, 1.54) is 0 Å². The van der Waals surface area contributed by atoms with Crippen LogP contribution in [0, 0.1) is 13.8 Å². The van der Waals surface area contributed by atoms with Crippen molar-refractivity contribution in [3.05, 3.63) is 75.9 Å². The molecule has 2 aromatic heterocycles. The minimum absolute atomic E-state index is 0.123. The van der Waals surface area contributed by atoms with E-state index in [2.05, 4.69) is 10.6 Å². The summed E-state index contributed by atoms with van der Waals surface area (Å²) in [6, 6.07) is 13.2. The summed E-state index contributed by atoms with van der Waals surface area (Å²) in [7, 11) is 0. The summed E-state index contributed by atoms with van der Waals surface area (Å²) >= 11 is 1.58. The predicted octanol–water partition coefficient (Wildman–Crippen LogP) is 3.84. The Bertz CT molecular complexity index is 852. The van der Waals surface area contributed by atoms with Gasteiger partial charge in [0.2, 0.25) is 0 Å². The molecule has 1 atom stereocenters. The lowest BCUT2D eigenvalue weighted by Crippen LogP contribution is -2.37. The lowest BCUT2D eigenvalue weighted by atomic mass is 10.0. The molecule has 0 spiro atoms. The zero-order valence-electron chi connectivity index (χ0n) is 14.6. The van der Waals surface area contributed by atoms with E-state index in [4.69, 9.17) is 4.42 Å². The summed E-state index contributed by atoms with van der Waals surface area (Å²) in [4.78, 5) is 25.5. The van der Waals surface area contributed by atoms with E-state index in [1.54, 1.807) is 23.7 Å². The summed E-state index contributed by atoms with van der Waals surface area (Å²) in [5.74, 6) is -0.716. The highest BCUT2D eigenvalue weighted by molar-refractivity contribution is 7.10. The Kier molecular flexibility index (Phi) is 5.53. The van der Waals surface area contributed by atoms with Crippen LogP contribution in [0.5, 0.6) is 0 Å². The van der Waals surface area contributed by atoms with Gasteiger partial charge >= 0.3 is 11.8 Å². The summed E-state index contributed by atoms with van der Waals surface area (Å²) < 4.78 is 5.49. The smallest absolute Gasteiger partial charge is 0.313 e. The minimum Gasteiger partial charge on any atom is -0.469 e. The van der Waals surface area contributed by atoms with Crippen molar-refractivity contribution in [1.29, 1.82) is 0 Å². The normalized spacial score (nSPS) is 11.8. The van der Waals surface area contributed by atoms with E-state index >= 15 is 0 Å². The van der Waals surface area contributed by atoms with Gasteiger partial charge in [0.25, 0.3) is 0 Å². The summed E-state index contributed by atoms with van der Waals surface area (Å²) in [6.45, 7) is 4.15. The van der Waals surface area contributed by atoms with Crippen molar-refractivity contribution in [2.45, 2.75) is 19.8 Å². The molecule has 6 heteroatoms.